The Balaban J connectivity index is 2.42. The van der Waals surface area contributed by atoms with Gasteiger partial charge in [-0.05, 0) is 53.1 Å². The molecule has 0 heterocycles. The first kappa shape index (κ1) is 17.4. The molecule has 0 radical (unpaired) electrons. The molecule has 0 saturated heterocycles. The van der Waals surface area contributed by atoms with E-state index in [4.69, 9.17) is 14.2 Å². The van der Waals surface area contributed by atoms with Gasteiger partial charge < -0.3 is 14.2 Å². The summed E-state index contributed by atoms with van der Waals surface area (Å²) in [5, 5.41) is 0. The van der Waals surface area contributed by atoms with Crippen LogP contribution in [0.2, 0.25) is 0 Å². The van der Waals surface area contributed by atoms with Crippen LogP contribution in [-0.4, -0.2) is 27.6 Å². The minimum atomic E-state index is -0.00204. The van der Waals surface area contributed by atoms with Gasteiger partial charge in [0, 0.05) is 5.56 Å². The van der Waals surface area contributed by atoms with Crippen molar-refractivity contribution in [2.24, 2.45) is 0 Å². The second-order valence-electron chi connectivity index (χ2n) is 5.70. The Labute approximate surface area is 151 Å². The smallest absolute Gasteiger partial charge is 0.203 e. The van der Waals surface area contributed by atoms with Crippen LogP contribution in [0.4, 0.5) is 0 Å². The summed E-state index contributed by atoms with van der Waals surface area (Å²) in [7, 11) is 4.79. The molecule has 0 bridgehead atoms. The first-order valence-corrected chi connectivity index (χ1v) is 9.00. The number of ether oxygens (including phenoxy) is 3. The van der Waals surface area contributed by atoms with E-state index in [9.17, 15) is 4.79 Å². The molecule has 25 heavy (non-hydrogen) atoms. The predicted octanol–water partition coefficient (Wildman–Crippen LogP) is 4.03. The molecular weight excluding hydrogens is 336 g/mol. The molecule has 5 heteroatoms. The largest absolute Gasteiger partial charge is 0.493 e. The van der Waals surface area contributed by atoms with Crippen LogP contribution in [0.3, 0.4) is 0 Å². The first-order chi connectivity index (χ1) is 12.0. The molecule has 1 aliphatic carbocycles. The van der Waals surface area contributed by atoms with Gasteiger partial charge in [-0.2, -0.15) is 0 Å². The fraction of sp³-hybridized carbons (Fsp3) is 0.250. The lowest BCUT2D eigenvalue weighted by molar-refractivity contribution is 0.324. The summed E-state index contributed by atoms with van der Waals surface area (Å²) in [6, 6.07) is 7.43. The van der Waals surface area contributed by atoms with Crippen LogP contribution in [-0.2, 0) is 6.42 Å². The third-order valence-electron chi connectivity index (χ3n) is 4.40. The average Bonchev–Trinajstić information content (AvgIpc) is 2.78. The molecular formula is C20H20O4S. The van der Waals surface area contributed by atoms with E-state index in [0.717, 1.165) is 27.8 Å². The van der Waals surface area contributed by atoms with Crippen LogP contribution < -0.4 is 19.6 Å². The second-order valence-corrected chi connectivity index (χ2v) is 6.55. The Morgan fingerprint density at radius 2 is 1.72 bits per heavy atom. The normalized spacial score (nSPS) is 12.2. The van der Waals surface area contributed by atoms with Crippen LogP contribution in [0.15, 0.2) is 40.5 Å². The highest BCUT2D eigenvalue weighted by atomic mass is 32.2. The number of fused-ring (bicyclic) bond motifs is 3. The van der Waals surface area contributed by atoms with Crippen molar-refractivity contribution >= 4 is 17.3 Å². The van der Waals surface area contributed by atoms with Crippen LogP contribution in [0, 0.1) is 0 Å². The van der Waals surface area contributed by atoms with Gasteiger partial charge in [0.15, 0.2) is 16.9 Å². The summed E-state index contributed by atoms with van der Waals surface area (Å²) < 4.78 is 16.6. The van der Waals surface area contributed by atoms with Crippen molar-refractivity contribution in [3.05, 3.63) is 52.2 Å². The highest BCUT2D eigenvalue weighted by molar-refractivity contribution is 7.98. The van der Waals surface area contributed by atoms with E-state index in [-0.39, 0.29) is 5.43 Å². The minimum Gasteiger partial charge on any atom is -0.493 e. The first-order valence-electron chi connectivity index (χ1n) is 7.78. The van der Waals surface area contributed by atoms with E-state index in [1.54, 1.807) is 27.4 Å². The fourth-order valence-electron chi connectivity index (χ4n) is 3.26. The SMILES string of the molecule is C=C1Cc2cc(OC)c(OC)c(OC)c2-c2ccc(SC)c(=O)cc21. The van der Waals surface area contributed by atoms with E-state index < -0.39 is 0 Å². The number of methoxy groups -OCH3 is 3. The number of benzene rings is 1. The lowest BCUT2D eigenvalue weighted by Gasteiger charge is -2.25. The maximum Gasteiger partial charge on any atom is 0.203 e. The number of allylic oxidation sites excluding steroid dienone is 1. The number of rotatable bonds is 4. The van der Waals surface area contributed by atoms with Crippen molar-refractivity contribution in [3.63, 3.8) is 0 Å². The zero-order valence-corrected chi connectivity index (χ0v) is 15.6. The van der Waals surface area contributed by atoms with Crippen molar-refractivity contribution in [3.8, 4) is 28.4 Å². The van der Waals surface area contributed by atoms with Gasteiger partial charge in [-0.15, -0.1) is 11.8 Å². The molecule has 0 saturated carbocycles. The molecule has 0 amide bonds. The van der Waals surface area contributed by atoms with Gasteiger partial charge in [0.05, 0.1) is 26.2 Å². The molecule has 0 spiro atoms. The van der Waals surface area contributed by atoms with E-state index >= 15 is 0 Å². The molecule has 1 aliphatic rings. The quantitative estimate of drug-likeness (QED) is 0.774. The van der Waals surface area contributed by atoms with Crippen molar-refractivity contribution in [1.82, 2.24) is 0 Å². The van der Waals surface area contributed by atoms with E-state index in [0.29, 0.717) is 28.6 Å². The lowest BCUT2D eigenvalue weighted by Crippen LogP contribution is -2.07. The zero-order chi connectivity index (χ0) is 18.1. The summed E-state index contributed by atoms with van der Waals surface area (Å²) in [5.74, 6) is 1.76. The molecule has 0 fully saturated rings. The van der Waals surface area contributed by atoms with E-state index in [1.165, 1.54) is 11.8 Å². The molecule has 0 aliphatic heterocycles. The highest BCUT2D eigenvalue weighted by Crippen LogP contribution is 2.51. The van der Waals surface area contributed by atoms with E-state index in [1.807, 2.05) is 24.5 Å². The third kappa shape index (κ3) is 2.78. The summed E-state index contributed by atoms with van der Waals surface area (Å²) in [6.45, 7) is 4.17. The summed E-state index contributed by atoms with van der Waals surface area (Å²) in [6.07, 6.45) is 2.52. The maximum atomic E-state index is 12.4. The standard InChI is InChI=1S/C20H20O4S/c1-11-8-12-9-16(22-2)19(23-3)20(24-4)18(12)13-6-7-17(25-5)15(21)10-14(11)13/h6-7,9-10H,1,8H2,2-5H3. The van der Waals surface area contributed by atoms with Crippen LogP contribution in [0.25, 0.3) is 16.7 Å². The van der Waals surface area contributed by atoms with Crippen molar-refractivity contribution < 1.29 is 14.2 Å². The Kier molecular flexibility index (Phi) is 4.77. The van der Waals surface area contributed by atoms with Gasteiger partial charge in [0.25, 0.3) is 0 Å². The Bertz CT molecular complexity index is 918. The topological polar surface area (TPSA) is 44.8 Å². The molecule has 0 unspecified atom stereocenters. The van der Waals surface area contributed by atoms with Gasteiger partial charge >= 0.3 is 0 Å². The van der Waals surface area contributed by atoms with Crippen LogP contribution in [0.5, 0.6) is 17.2 Å². The Hall–Kier alpha value is -2.40. The molecule has 0 atom stereocenters. The summed E-state index contributed by atoms with van der Waals surface area (Å²) in [5.41, 5.74) is 4.63. The van der Waals surface area contributed by atoms with Gasteiger partial charge in [-0.3, -0.25) is 4.79 Å². The third-order valence-corrected chi connectivity index (χ3v) is 5.17. The lowest BCUT2D eigenvalue weighted by atomic mass is 9.83. The van der Waals surface area contributed by atoms with Gasteiger partial charge in [0.1, 0.15) is 0 Å². The Morgan fingerprint density at radius 1 is 1.00 bits per heavy atom. The van der Waals surface area contributed by atoms with Crippen LogP contribution in [0.1, 0.15) is 11.1 Å². The fourth-order valence-corrected chi connectivity index (χ4v) is 3.72. The predicted molar refractivity (Wildman–Crippen MR) is 102 cm³/mol. The molecule has 2 aromatic carbocycles. The highest BCUT2D eigenvalue weighted by Gasteiger charge is 2.27. The molecule has 130 valence electrons. The number of hydrogen-bond acceptors (Lipinski definition) is 5. The average molecular weight is 356 g/mol. The van der Waals surface area contributed by atoms with Gasteiger partial charge in [-0.1, -0.05) is 12.6 Å². The number of thioether (sulfide) groups is 1. The second kappa shape index (κ2) is 6.84. The van der Waals surface area contributed by atoms with Crippen molar-refractivity contribution in [2.75, 3.05) is 27.6 Å². The molecule has 0 N–H and O–H groups in total. The van der Waals surface area contributed by atoms with Crippen LogP contribution >= 0.6 is 11.8 Å². The van der Waals surface area contributed by atoms with Crippen molar-refractivity contribution in [2.45, 2.75) is 11.3 Å². The molecule has 3 rings (SSSR count). The number of hydrogen-bond donors (Lipinski definition) is 0. The molecule has 2 aromatic rings. The summed E-state index contributed by atoms with van der Waals surface area (Å²) in [4.78, 5) is 13.1. The van der Waals surface area contributed by atoms with Crippen molar-refractivity contribution in [1.29, 1.82) is 0 Å². The Morgan fingerprint density at radius 3 is 2.32 bits per heavy atom. The maximum absolute atomic E-state index is 12.4. The minimum absolute atomic E-state index is 0.00204. The van der Waals surface area contributed by atoms with Gasteiger partial charge in [-0.25, -0.2) is 0 Å². The zero-order valence-electron chi connectivity index (χ0n) is 14.8. The van der Waals surface area contributed by atoms with E-state index in [2.05, 4.69) is 6.58 Å². The molecule has 0 aromatic heterocycles. The molecule has 4 nitrogen and oxygen atoms in total. The van der Waals surface area contributed by atoms with Gasteiger partial charge in [0.2, 0.25) is 5.75 Å². The summed E-state index contributed by atoms with van der Waals surface area (Å²) >= 11 is 1.44. The monoisotopic (exact) mass is 356 g/mol.